The molecular formula is C14H9F4N7. The zero-order valence-electron chi connectivity index (χ0n) is 12.6. The monoisotopic (exact) mass is 351 g/mol. The van der Waals surface area contributed by atoms with Crippen LogP contribution in [0.25, 0.3) is 28.6 Å². The van der Waals surface area contributed by atoms with E-state index in [2.05, 4.69) is 25.0 Å². The van der Waals surface area contributed by atoms with Crippen LogP contribution in [0.5, 0.6) is 0 Å². The van der Waals surface area contributed by atoms with Crippen LogP contribution in [0, 0.1) is 12.7 Å². The summed E-state index contributed by atoms with van der Waals surface area (Å²) in [6, 6.07) is 1.53. The second kappa shape index (κ2) is 5.13. The fourth-order valence-corrected chi connectivity index (χ4v) is 2.46. The molecule has 4 aromatic rings. The van der Waals surface area contributed by atoms with Crippen molar-refractivity contribution in [2.75, 3.05) is 0 Å². The highest BCUT2D eigenvalue weighted by Gasteiger charge is 2.36. The Hall–Kier alpha value is -3.24. The van der Waals surface area contributed by atoms with Crippen LogP contribution in [0.1, 0.15) is 11.4 Å². The van der Waals surface area contributed by atoms with E-state index in [0.29, 0.717) is 17.0 Å². The minimum Gasteiger partial charge on any atom is -0.343 e. The molecule has 0 atom stereocenters. The summed E-state index contributed by atoms with van der Waals surface area (Å²) in [5, 5.41) is 5.41. The predicted octanol–water partition coefficient (Wildman–Crippen LogP) is 2.98. The molecule has 7 nitrogen and oxygen atoms in total. The minimum absolute atomic E-state index is 0.000463. The van der Waals surface area contributed by atoms with Crippen molar-refractivity contribution in [3.05, 3.63) is 42.0 Å². The van der Waals surface area contributed by atoms with Crippen molar-refractivity contribution in [2.45, 2.75) is 13.1 Å². The number of nitrogens with zero attached hydrogens (tertiary/aromatic N) is 5. The molecule has 4 rings (SSSR count). The molecule has 0 aliphatic heterocycles. The van der Waals surface area contributed by atoms with Gasteiger partial charge < -0.3 is 4.98 Å². The van der Waals surface area contributed by atoms with Crippen LogP contribution in [0.15, 0.2) is 24.8 Å². The molecule has 2 N–H and O–H groups in total. The second-order valence-corrected chi connectivity index (χ2v) is 5.29. The van der Waals surface area contributed by atoms with Crippen molar-refractivity contribution in [3.8, 4) is 22.9 Å². The quantitative estimate of drug-likeness (QED) is 0.544. The number of fused-ring (bicyclic) bond motifs is 1. The molecule has 0 radical (unpaired) electrons. The van der Waals surface area contributed by atoms with E-state index in [4.69, 9.17) is 0 Å². The van der Waals surface area contributed by atoms with E-state index >= 15 is 0 Å². The Morgan fingerprint density at radius 3 is 2.64 bits per heavy atom. The molecule has 11 heteroatoms. The normalized spacial score (nSPS) is 12.2. The van der Waals surface area contributed by atoms with Gasteiger partial charge in [0, 0.05) is 6.20 Å². The number of hydrogen-bond donors (Lipinski definition) is 2. The van der Waals surface area contributed by atoms with Crippen LogP contribution in [0.2, 0.25) is 0 Å². The first kappa shape index (κ1) is 15.3. The van der Waals surface area contributed by atoms with Gasteiger partial charge in [-0.15, -0.1) is 0 Å². The molecule has 0 amide bonds. The summed E-state index contributed by atoms with van der Waals surface area (Å²) >= 11 is 0. The van der Waals surface area contributed by atoms with Gasteiger partial charge in [-0.25, -0.2) is 19.3 Å². The Labute approximate surface area is 136 Å². The van der Waals surface area contributed by atoms with Gasteiger partial charge in [0.1, 0.15) is 11.4 Å². The number of imidazole rings is 2. The Bertz CT molecular complexity index is 1060. The number of alkyl halides is 3. The number of hydrogen-bond acceptors (Lipinski definition) is 4. The van der Waals surface area contributed by atoms with Crippen LogP contribution >= 0.6 is 0 Å². The number of halogens is 4. The van der Waals surface area contributed by atoms with E-state index < -0.39 is 17.8 Å². The molecule has 0 fully saturated rings. The van der Waals surface area contributed by atoms with Gasteiger partial charge in [0.15, 0.2) is 11.5 Å². The molecular weight excluding hydrogens is 342 g/mol. The number of aromatic amines is 2. The van der Waals surface area contributed by atoms with Crippen molar-refractivity contribution in [1.29, 1.82) is 0 Å². The van der Waals surface area contributed by atoms with Crippen molar-refractivity contribution < 1.29 is 17.6 Å². The van der Waals surface area contributed by atoms with Crippen LogP contribution in [-0.2, 0) is 6.18 Å². The van der Waals surface area contributed by atoms with Crippen molar-refractivity contribution in [1.82, 2.24) is 34.5 Å². The molecule has 0 aliphatic carbocycles. The van der Waals surface area contributed by atoms with Gasteiger partial charge >= 0.3 is 6.18 Å². The van der Waals surface area contributed by atoms with E-state index in [9.17, 15) is 17.6 Å². The van der Waals surface area contributed by atoms with Gasteiger partial charge in [-0.2, -0.15) is 18.3 Å². The number of nitrogens with one attached hydrogen (secondary N) is 2. The fraction of sp³-hybridized carbons (Fsp3) is 0.143. The highest BCUT2D eigenvalue weighted by molar-refractivity contribution is 5.77. The van der Waals surface area contributed by atoms with Crippen LogP contribution in [0.3, 0.4) is 0 Å². The molecule has 0 spiro atoms. The maximum Gasteiger partial charge on any atom is 0.451 e. The molecule has 0 bridgehead atoms. The second-order valence-electron chi connectivity index (χ2n) is 5.29. The van der Waals surface area contributed by atoms with E-state index in [1.54, 1.807) is 13.1 Å². The largest absolute Gasteiger partial charge is 0.451 e. The minimum atomic E-state index is -4.68. The zero-order valence-corrected chi connectivity index (χ0v) is 12.6. The fourth-order valence-electron chi connectivity index (χ4n) is 2.46. The summed E-state index contributed by atoms with van der Waals surface area (Å²) in [4.78, 5) is 14.3. The molecule has 4 heterocycles. The SMILES string of the molecule is Cc1ccn2c(-c3cnc[nH]3)c(-c3n[nH]c(C(F)(F)F)n3)nc2c1F. The van der Waals surface area contributed by atoms with E-state index in [1.807, 2.05) is 5.10 Å². The lowest BCUT2D eigenvalue weighted by atomic mass is 10.2. The lowest BCUT2D eigenvalue weighted by Gasteiger charge is -2.02. The number of H-pyrrole nitrogens is 2. The summed E-state index contributed by atoms with van der Waals surface area (Å²) in [6.45, 7) is 1.56. The Balaban J connectivity index is 2.02. The lowest BCUT2D eigenvalue weighted by Crippen LogP contribution is -2.07. The topological polar surface area (TPSA) is 87.5 Å². The molecule has 4 aromatic heterocycles. The molecule has 0 aliphatic rings. The lowest BCUT2D eigenvalue weighted by molar-refractivity contribution is -0.144. The van der Waals surface area contributed by atoms with Gasteiger partial charge in [0.2, 0.25) is 11.6 Å². The summed E-state index contributed by atoms with van der Waals surface area (Å²) in [6.07, 6.45) is -0.275. The van der Waals surface area contributed by atoms with Gasteiger partial charge in [-0.05, 0) is 18.6 Å². The first-order chi connectivity index (χ1) is 11.9. The maximum absolute atomic E-state index is 14.4. The summed E-state index contributed by atoms with van der Waals surface area (Å²) in [5.41, 5.74) is 1.05. The first-order valence-electron chi connectivity index (χ1n) is 7.02. The average molecular weight is 351 g/mol. The molecule has 0 aromatic carbocycles. The third kappa shape index (κ3) is 2.35. The van der Waals surface area contributed by atoms with Crippen LogP contribution < -0.4 is 0 Å². The smallest absolute Gasteiger partial charge is 0.343 e. The third-order valence-electron chi connectivity index (χ3n) is 3.65. The van der Waals surface area contributed by atoms with E-state index in [1.165, 1.54) is 23.0 Å². The average Bonchev–Trinajstić information content (AvgIpc) is 3.27. The first-order valence-corrected chi connectivity index (χ1v) is 7.02. The predicted molar refractivity (Wildman–Crippen MR) is 77.8 cm³/mol. The number of pyridine rings is 1. The maximum atomic E-state index is 14.4. The number of aryl methyl sites for hydroxylation is 1. The standard InChI is InChI=1S/C14H9F4N7/c1-6-2-3-25-10(7-4-19-5-20-7)9(21-12(25)8(6)15)11-22-13(24-23-11)14(16,17)18/h2-5H,1H3,(H,19,20)(H,22,23,24). The summed E-state index contributed by atoms with van der Waals surface area (Å²) in [5.74, 6) is -2.13. The van der Waals surface area contributed by atoms with Crippen molar-refractivity contribution in [2.24, 2.45) is 0 Å². The number of rotatable bonds is 2. The van der Waals surface area contributed by atoms with Crippen LogP contribution in [0.4, 0.5) is 17.6 Å². The highest BCUT2D eigenvalue weighted by Crippen LogP contribution is 2.33. The molecule has 25 heavy (non-hydrogen) atoms. The van der Waals surface area contributed by atoms with Crippen molar-refractivity contribution >= 4 is 5.65 Å². The van der Waals surface area contributed by atoms with E-state index in [0.717, 1.165) is 0 Å². The highest BCUT2D eigenvalue weighted by atomic mass is 19.4. The molecule has 0 saturated carbocycles. The molecule has 0 saturated heterocycles. The Kier molecular flexibility index (Phi) is 3.14. The van der Waals surface area contributed by atoms with Gasteiger partial charge in [0.05, 0.1) is 18.2 Å². The Morgan fingerprint density at radius 1 is 1.20 bits per heavy atom. The Morgan fingerprint density at radius 2 is 2.00 bits per heavy atom. The third-order valence-corrected chi connectivity index (χ3v) is 3.65. The zero-order chi connectivity index (χ0) is 17.8. The summed E-state index contributed by atoms with van der Waals surface area (Å²) in [7, 11) is 0. The van der Waals surface area contributed by atoms with Gasteiger partial charge in [0.25, 0.3) is 0 Å². The van der Waals surface area contributed by atoms with Gasteiger partial charge in [-0.3, -0.25) is 9.50 Å². The van der Waals surface area contributed by atoms with Crippen LogP contribution in [-0.4, -0.2) is 34.5 Å². The summed E-state index contributed by atoms with van der Waals surface area (Å²) < 4.78 is 54.1. The number of aromatic nitrogens is 7. The van der Waals surface area contributed by atoms with Crippen molar-refractivity contribution in [3.63, 3.8) is 0 Å². The molecule has 0 unspecified atom stereocenters. The van der Waals surface area contributed by atoms with Gasteiger partial charge in [-0.1, -0.05) is 0 Å². The van der Waals surface area contributed by atoms with E-state index in [-0.39, 0.29) is 17.2 Å². The molecule has 128 valence electrons.